The average molecular weight is 549 g/mol. The van der Waals surface area contributed by atoms with Crippen molar-refractivity contribution in [3.63, 3.8) is 0 Å². The minimum Gasteiger partial charge on any atom is -0.497 e. The highest BCUT2D eigenvalue weighted by atomic mass is 16.5. The van der Waals surface area contributed by atoms with Gasteiger partial charge in [0.2, 0.25) is 5.95 Å². The van der Waals surface area contributed by atoms with Gasteiger partial charge in [0, 0.05) is 62.6 Å². The fraction of sp³-hybridized carbons (Fsp3) is 0.353. The van der Waals surface area contributed by atoms with Gasteiger partial charge in [0.15, 0.2) is 0 Å². The Hall–Kier alpha value is -3.94. The number of methoxy groups -OCH3 is 1. The van der Waals surface area contributed by atoms with Gasteiger partial charge in [0.05, 0.1) is 12.8 Å². The number of aromatic nitrogens is 2. The summed E-state index contributed by atoms with van der Waals surface area (Å²) in [6.07, 6.45) is 4.02. The van der Waals surface area contributed by atoms with E-state index in [-0.39, 0.29) is 5.92 Å². The number of benzene rings is 3. The highest BCUT2D eigenvalue weighted by Crippen LogP contribution is 2.42. The first-order chi connectivity index (χ1) is 20.2. The minimum absolute atomic E-state index is 0.278. The Morgan fingerprint density at radius 2 is 1.68 bits per heavy atom. The number of nitrogens with one attached hydrogen (secondary N) is 2. The molecule has 2 aliphatic rings. The number of piperazine rings is 1. The molecule has 2 N–H and O–H groups in total. The lowest BCUT2D eigenvalue weighted by Crippen LogP contribution is -2.44. The highest BCUT2D eigenvalue weighted by molar-refractivity contribution is 5.72. The lowest BCUT2D eigenvalue weighted by atomic mass is 9.78. The van der Waals surface area contributed by atoms with Crippen LogP contribution in [0.2, 0.25) is 0 Å². The van der Waals surface area contributed by atoms with Crippen LogP contribution in [0.5, 0.6) is 5.75 Å². The van der Waals surface area contributed by atoms with Crippen LogP contribution in [-0.2, 0) is 13.0 Å². The molecule has 1 atom stereocenters. The van der Waals surface area contributed by atoms with Crippen molar-refractivity contribution in [3.05, 3.63) is 101 Å². The summed E-state index contributed by atoms with van der Waals surface area (Å²) in [7, 11) is 3.89. The van der Waals surface area contributed by atoms with Gasteiger partial charge in [-0.3, -0.25) is 0 Å². The molecule has 7 nitrogen and oxygen atoms in total. The summed E-state index contributed by atoms with van der Waals surface area (Å²) < 4.78 is 5.26. The third-order valence-electron chi connectivity index (χ3n) is 8.38. The number of ether oxygens (including phenoxy) is 1. The van der Waals surface area contributed by atoms with Crippen molar-refractivity contribution >= 4 is 11.6 Å². The summed E-state index contributed by atoms with van der Waals surface area (Å²) in [6.45, 7) is 7.41. The summed E-state index contributed by atoms with van der Waals surface area (Å²) >= 11 is 0. The first kappa shape index (κ1) is 27.2. The van der Waals surface area contributed by atoms with E-state index in [0.717, 1.165) is 81.7 Å². The van der Waals surface area contributed by atoms with Crippen molar-refractivity contribution in [2.45, 2.75) is 25.3 Å². The van der Waals surface area contributed by atoms with Crippen molar-refractivity contribution in [3.8, 4) is 17.0 Å². The number of nitrogens with zero attached hydrogens (tertiary/aromatic N) is 4. The quantitative estimate of drug-likeness (QED) is 0.254. The first-order valence-electron chi connectivity index (χ1n) is 14.7. The second kappa shape index (κ2) is 12.7. The van der Waals surface area contributed by atoms with Crippen molar-refractivity contribution in [2.24, 2.45) is 0 Å². The van der Waals surface area contributed by atoms with Crippen LogP contribution in [0.15, 0.2) is 79.0 Å². The molecule has 1 aromatic heterocycles. The monoisotopic (exact) mass is 548 g/mol. The van der Waals surface area contributed by atoms with Crippen LogP contribution in [0, 0.1) is 0 Å². The summed E-state index contributed by atoms with van der Waals surface area (Å²) in [6, 6.07) is 25.8. The molecule has 7 heteroatoms. The Morgan fingerprint density at radius 1 is 0.902 bits per heavy atom. The van der Waals surface area contributed by atoms with Gasteiger partial charge in [0.25, 0.3) is 0 Å². The largest absolute Gasteiger partial charge is 0.497 e. The lowest BCUT2D eigenvalue weighted by Gasteiger charge is -2.32. The van der Waals surface area contributed by atoms with Gasteiger partial charge in [-0.15, -0.1) is 0 Å². The highest BCUT2D eigenvalue weighted by Gasteiger charge is 2.27. The molecular formula is C34H40N6O. The molecule has 2 heterocycles. The third-order valence-corrected chi connectivity index (χ3v) is 8.38. The third kappa shape index (κ3) is 6.53. The molecule has 4 aromatic rings. The lowest BCUT2D eigenvalue weighted by molar-refractivity contribution is 0.154. The molecule has 6 rings (SSSR count). The number of likely N-dealkylation sites (N-methyl/N-ethyl adjacent to an activating group) is 1. The molecule has 0 bridgehead atoms. The van der Waals surface area contributed by atoms with Crippen LogP contribution in [-0.4, -0.2) is 73.2 Å². The average Bonchev–Trinajstić information content (AvgIpc) is 3.03. The van der Waals surface area contributed by atoms with E-state index >= 15 is 0 Å². The van der Waals surface area contributed by atoms with Crippen LogP contribution < -0.4 is 15.4 Å². The zero-order valence-electron chi connectivity index (χ0n) is 24.1. The molecule has 1 fully saturated rings. The zero-order valence-corrected chi connectivity index (χ0v) is 24.1. The number of anilines is 2. The van der Waals surface area contributed by atoms with E-state index in [1.165, 1.54) is 27.8 Å². The molecule has 1 unspecified atom stereocenters. The molecule has 41 heavy (non-hydrogen) atoms. The Labute approximate surface area is 243 Å². The maximum Gasteiger partial charge on any atom is 0.223 e. The van der Waals surface area contributed by atoms with E-state index in [0.29, 0.717) is 0 Å². The predicted octanol–water partition coefficient (Wildman–Crippen LogP) is 5.50. The molecule has 212 valence electrons. The summed E-state index contributed by atoms with van der Waals surface area (Å²) in [4.78, 5) is 14.6. The van der Waals surface area contributed by atoms with Crippen LogP contribution in [0.4, 0.5) is 11.6 Å². The second-order valence-corrected chi connectivity index (χ2v) is 11.2. The standard InChI is InChI=1S/C34H40N6O/c1-39-18-20-40(21-19-39)17-5-16-35-34-37-24-27-22-32(30-6-3-4-7-31(30)33(27)38-34)26-10-12-28(13-11-26)36-23-25-8-14-29(41-2)15-9-25/h3-4,6-15,24,32,36H,5,16-23H2,1-2H3,(H,35,37,38). The normalized spacial score (nSPS) is 17.0. The molecule has 1 aliphatic heterocycles. The van der Waals surface area contributed by atoms with Gasteiger partial charge in [-0.1, -0.05) is 48.5 Å². The summed E-state index contributed by atoms with van der Waals surface area (Å²) in [5.41, 5.74) is 8.45. The molecule has 0 amide bonds. The van der Waals surface area contributed by atoms with Crippen molar-refractivity contribution < 1.29 is 4.74 Å². The van der Waals surface area contributed by atoms with Crippen LogP contribution >= 0.6 is 0 Å². The second-order valence-electron chi connectivity index (χ2n) is 11.2. The Bertz CT molecular complexity index is 1430. The maximum absolute atomic E-state index is 5.26. The van der Waals surface area contributed by atoms with E-state index in [9.17, 15) is 0 Å². The molecule has 3 aromatic carbocycles. The van der Waals surface area contributed by atoms with E-state index < -0.39 is 0 Å². The van der Waals surface area contributed by atoms with E-state index in [1.54, 1.807) is 7.11 Å². The number of hydrogen-bond donors (Lipinski definition) is 2. The predicted molar refractivity (Wildman–Crippen MR) is 167 cm³/mol. The first-order valence-corrected chi connectivity index (χ1v) is 14.7. The Kier molecular flexibility index (Phi) is 8.44. The van der Waals surface area contributed by atoms with Crippen LogP contribution in [0.3, 0.4) is 0 Å². The van der Waals surface area contributed by atoms with Gasteiger partial charge in [-0.05, 0) is 73.0 Å². The van der Waals surface area contributed by atoms with Gasteiger partial charge < -0.3 is 25.2 Å². The van der Waals surface area contributed by atoms with Crippen molar-refractivity contribution in [1.82, 2.24) is 19.8 Å². The van der Waals surface area contributed by atoms with E-state index in [2.05, 4.69) is 88.1 Å². The number of hydrogen-bond acceptors (Lipinski definition) is 7. The smallest absolute Gasteiger partial charge is 0.223 e. The molecule has 0 saturated carbocycles. The SMILES string of the molecule is COc1ccc(CNc2ccc(C3Cc4cnc(NCCCN5CCN(C)CC5)nc4-c4ccccc43)cc2)cc1. The van der Waals surface area contributed by atoms with Crippen LogP contribution in [0.1, 0.15) is 34.6 Å². The van der Waals surface area contributed by atoms with Crippen molar-refractivity contribution in [1.29, 1.82) is 0 Å². The van der Waals surface area contributed by atoms with E-state index in [4.69, 9.17) is 14.7 Å². The maximum atomic E-state index is 5.26. The fourth-order valence-electron chi connectivity index (χ4n) is 5.87. The molecule has 0 radical (unpaired) electrons. The molecule has 1 saturated heterocycles. The van der Waals surface area contributed by atoms with Crippen molar-refractivity contribution in [2.75, 3.05) is 64.1 Å². The number of fused-ring (bicyclic) bond motifs is 3. The topological polar surface area (TPSA) is 65.6 Å². The van der Waals surface area contributed by atoms with E-state index in [1.807, 2.05) is 18.3 Å². The summed E-state index contributed by atoms with van der Waals surface area (Å²) in [5, 5.41) is 7.02. The Balaban J connectivity index is 1.10. The molecule has 0 spiro atoms. The molecular weight excluding hydrogens is 508 g/mol. The van der Waals surface area contributed by atoms with Gasteiger partial charge in [-0.2, -0.15) is 0 Å². The van der Waals surface area contributed by atoms with Gasteiger partial charge >= 0.3 is 0 Å². The fourth-order valence-corrected chi connectivity index (χ4v) is 5.87. The minimum atomic E-state index is 0.278. The summed E-state index contributed by atoms with van der Waals surface area (Å²) in [5.74, 6) is 1.88. The Morgan fingerprint density at radius 3 is 2.46 bits per heavy atom. The van der Waals surface area contributed by atoms with Crippen LogP contribution in [0.25, 0.3) is 11.3 Å². The number of rotatable bonds is 10. The van der Waals surface area contributed by atoms with Gasteiger partial charge in [0.1, 0.15) is 5.75 Å². The molecule has 1 aliphatic carbocycles. The van der Waals surface area contributed by atoms with Gasteiger partial charge in [-0.25, -0.2) is 9.97 Å². The zero-order chi connectivity index (χ0) is 28.0.